The van der Waals surface area contributed by atoms with Crippen LogP contribution in [0.3, 0.4) is 0 Å². The Balaban J connectivity index is 1.44. The van der Waals surface area contributed by atoms with Crippen LogP contribution in [0.1, 0.15) is 26.2 Å². The molecule has 6 aliphatic carbocycles. The van der Waals surface area contributed by atoms with Gasteiger partial charge in [-0.05, 0) is 84.4 Å². The molecule has 0 heterocycles. The molecule has 0 aromatic heterocycles. The number of nitrogens with zero attached hydrogens (tertiary/aromatic N) is 1. The Labute approximate surface area is 121 Å². The Hall–Kier alpha value is -0.770. The second-order valence-corrected chi connectivity index (χ2v) is 8.90. The normalized spacial score (nSPS) is 70.4. The minimum atomic E-state index is 0.396. The van der Waals surface area contributed by atoms with Crippen LogP contribution in [0.15, 0.2) is 12.2 Å². The monoisotopic (exact) mass is 265 g/mol. The Morgan fingerprint density at radius 2 is 1.40 bits per heavy atom. The van der Waals surface area contributed by atoms with Crippen molar-refractivity contribution in [1.29, 1.82) is 5.26 Å². The van der Waals surface area contributed by atoms with Gasteiger partial charge in [-0.25, -0.2) is 0 Å². The lowest BCUT2D eigenvalue weighted by atomic mass is 9.57. The van der Waals surface area contributed by atoms with E-state index in [0.717, 1.165) is 59.2 Å². The zero-order valence-electron chi connectivity index (χ0n) is 12.2. The fraction of sp³-hybridized carbons (Fsp3) is 0.842. The molecule has 1 heteroatoms. The van der Waals surface area contributed by atoms with Gasteiger partial charge in [0.05, 0.1) is 12.0 Å². The Kier molecular flexibility index (Phi) is 1.73. The van der Waals surface area contributed by atoms with Gasteiger partial charge in [0.15, 0.2) is 0 Å². The van der Waals surface area contributed by atoms with E-state index in [1.807, 2.05) is 0 Å². The van der Waals surface area contributed by atoms with Crippen molar-refractivity contribution in [2.75, 3.05) is 0 Å². The Bertz CT molecular complexity index is 557. The summed E-state index contributed by atoms with van der Waals surface area (Å²) in [7, 11) is 0. The number of fused-ring (bicyclic) bond motifs is 16. The lowest BCUT2D eigenvalue weighted by Gasteiger charge is -2.46. The molecule has 12 unspecified atom stereocenters. The van der Waals surface area contributed by atoms with Crippen molar-refractivity contribution < 1.29 is 0 Å². The average Bonchev–Trinajstić information content (AvgIpc) is 3.23. The zero-order valence-corrected chi connectivity index (χ0v) is 12.2. The minimum Gasteiger partial charge on any atom is -0.198 e. The van der Waals surface area contributed by atoms with Crippen molar-refractivity contribution in [2.24, 2.45) is 71.0 Å². The maximum Gasteiger partial charge on any atom is 0.0661 e. The van der Waals surface area contributed by atoms with Crippen LogP contribution in [0, 0.1) is 82.3 Å². The molecule has 0 aliphatic heterocycles. The van der Waals surface area contributed by atoms with Gasteiger partial charge in [0, 0.05) is 0 Å². The number of nitriles is 1. The summed E-state index contributed by atoms with van der Waals surface area (Å²) in [5.74, 6) is 10.8. The summed E-state index contributed by atoms with van der Waals surface area (Å²) in [6.45, 7) is 2.39. The van der Waals surface area contributed by atoms with Crippen LogP contribution in [-0.2, 0) is 0 Å². The quantitative estimate of drug-likeness (QED) is 0.483. The van der Waals surface area contributed by atoms with Crippen LogP contribution < -0.4 is 0 Å². The van der Waals surface area contributed by atoms with E-state index in [9.17, 15) is 5.26 Å². The van der Waals surface area contributed by atoms with Gasteiger partial charge in [-0.15, -0.1) is 0 Å². The molecule has 12 atom stereocenters. The summed E-state index contributed by atoms with van der Waals surface area (Å²) >= 11 is 0. The molecule has 0 saturated heterocycles. The molecule has 0 radical (unpaired) electrons. The van der Waals surface area contributed by atoms with E-state index in [1.54, 1.807) is 0 Å². The molecular weight excluding hydrogens is 242 g/mol. The van der Waals surface area contributed by atoms with E-state index in [4.69, 9.17) is 0 Å². The van der Waals surface area contributed by atoms with Gasteiger partial charge in [0.1, 0.15) is 0 Å². The van der Waals surface area contributed by atoms with Crippen LogP contribution in [0.25, 0.3) is 0 Å². The van der Waals surface area contributed by atoms with Gasteiger partial charge in [-0.1, -0.05) is 19.1 Å². The summed E-state index contributed by atoms with van der Waals surface area (Å²) in [6.07, 6.45) is 9.55. The van der Waals surface area contributed by atoms with E-state index in [2.05, 4.69) is 25.1 Å². The molecule has 0 N–H and O–H groups in total. The van der Waals surface area contributed by atoms with Gasteiger partial charge >= 0.3 is 0 Å². The van der Waals surface area contributed by atoms with E-state index < -0.39 is 0 Å². The van der Waals surface area contributed by atoms with Crippen molar-refractivity contribution in [1.82, 2.24) is 0 Å². The summed E-state index contributed by atoms with van der Waals surface area (Å²) in [6, 6.07) is 2.70. The second-order valence-electron chi connectivity index (χ2n) is 8.90. The highest BCUT2D eigenvalue weighted by Crippen LogP contribution is 2.77. The highest BCUT2D eigenvalue weighted by molar-refractivity contribution is 5.26. The molecule has 6 bridgehead atoms. The van der Waals surface area contributed by atoms with Crippen LogP contribution in [0.5, 0.6) is 0 Å². The van der Waals surface area contributed by atoms with E-state index in [-0.39, 0.29) is 0 Å². The molecule has 0 aromatic carbocycles. The van der Waals surface area contributed by atoms with Crippen molar-refractivity contribution in [3.05, 3.63) is 12.2 Å². The molecule has 5 saturated carbocycles. The van der Waals surface area contributed by atoms with Gasteiger partial charge in [0.25, 0.3) is 0 Å². The van der Waals surface area contributed by atoms with Crippen molar-refractivity contribution in [3.63, 3.8) is 0 Å². The molecule has 0 spiro atoms. The molecule has 6 rings (SSSR count). The standard InChI is InChI=1S/C19H23N/c1-8-11-5-12(15(8)7-20)19-14-6-13(18(11)19)16-9-2-3-10(4-9)17(14)16/h2-3,8-19H,4-6H2,1H3. The molecule has 20 heavy (non-hydrogen) atoms. The molecular formula is C19H23N. The first-order valence-electron chi connectivity index (χ1n) is 8.87. The third-order valence-electron chi connectivity index (χ3n) is 8.93. The van der Waals surface area contributed by atoms with E-state index in [1.165, 1.54) is 19.3 Å². The third kappa shape index (κ3) is 0.920. The first-order chi connectivity index (χ1) is 9.79. The maximum atomic E-state index is 9.58. The van der Waals surface area contributed by atoms with E-state index >= 15 is 0 Å². The van der Waals surface area contributed by atoms with Crippen molar-refractivity contribution in [3.8, 4) is 6.07 Å². The number of allylic oxidation sites excluding steroid dienone is 2. The fourth-order valence-corrected chi connectivity index (χ4v) is 8.79. The average molecular weight is 265 g/mol. The smallest absolute Gasteiger partial charge is 0.0661 e. The predicted molar refractivity (Wildman–Crippen MR) is 76.2 cm³/mol. The predicted octanol–water partition coefficient (Wildman–Crippen LogP) is 3.73. The van der Waals surface area contributed by atoms with Crippen molar-refractivity contribution in [2.45, 2.75) is 26.2 Å². The van der Waals surface area contributed by atoms with Crippen LogP contribution >= 0.6 is 0 Å². The summed E-state index contributed by atoms with van der Waals surface area (Å²) < 4.78 is 0. The Morgan fingerprint density at radius 1 is 0.800 bits per heavy atom. The molecule has 1 nitrogen and oxygen atoms in total. The van der Waals surface area contributed by atoms with Crippen LogP contribution in [0.2, 0.25) is 0 Å². The topological polar surface area (TPSA) is 23.8 Å². The lowest BCUT2D eigenvalue weighted by Crippen LogP contribution is -2.43. The highest BCUT2D eigenvalue weighted by Gasteiger charge is 2.72. The number of hydrogen-bond donors (Lipinski definition) is 0. The number of rotatable bonds is 0. The second kappa shape index (κ2) is 3.18. The largest absolute Gasteiger partial charge is 0.198 e. The van der Waals surface area contributed by atoms with Gasteiger partial charge < -0.3 is 0 Å². The molecule has 0 amide bonds. The minimum absolute atomic E-state index is 0.396. The zero-order chi connectivity index (χ0) is 13.2. The summed E-state index contributed by atoms with van der Waals surface area (Å²) in [4.78, 5) is 0. The SMILES string of the molecule is CC1C(C#N)C2CC1C1C3CC(C4C5C=CC(C5)C34)C21. The molecule has 0 aromatic rings. The first kappa shape index (κ1) is 10.9. The molecule has 5 fully saturated rings. The van der Waals surface area contributed by atoms with Gasteiger partial charge in [-0.3, -0.25) is 0 Å². The molecule has 6 aliphatic rings. The van der Waals surface area contributed by atoms with Crippen molar-refractivity contribution >= 4 is 0 Å². The highest BCUT2D eigenvalue weighted by atomic mass is 14.8. The molecule has 104 valence electrons. The summed E-state index contributed by atoms with van der Waals surface area (Å²) in [5.41, 5.74) is 0. The summed E-state index contributed by atoms with van der Waals surface area (Å²) in [5, 5.41) is 9.58. The maximum absolute atomic E-state index is 9.58. The van der Waals surface area contributed by atoms with Gasteiger partial charge in [-0.2, -0.15) is 5.26 Å². The fourth-order valence-electron chi connectivity index (χ4n) is 8.79. The van der Waals surface area contributed by atoms with Crippen LogP contribution in [-0.4, -0.2) is 0 Å². The first-order valence-corrected chi connectivity index (χ1v) is 8.87. The Morgan fingerprint density at radius 3 is 2.05 bits per heavy atom. The number of hydrogen-bond acceptors (Lipinski definition) is 1. The van der Waals surface area contributed by atoms with Gasteiger partial charge in [0.2, 0.25) is 0 Å². The van der Waals surface area contributed by atoms with Crippen LogP contribution in [0.4, 0.5) is 0 Å². The van der Waals surface area contributed by atoms with E-state index in [0.29, 0.717) is 11.8 Å². The third-order valence-corrected chi connectivity index (χ3v) is 8.93. The lowest BCUT2D eigenvalue weighted by molar-refractivity contribution is 0.0178.